The molecule has 2 nitrogen and oxygen atoms in total. The molecule has 0 aliphatic carbocycles. The van der Waals surface area contributed by atoms with Gasteiger partial charge in [-0.2, -0.15) is 0 Å². The molecule has 4 aromatic rings. The lowest BCUT2D eigenvalue weighted by atomic mass is 9.98. The number of rotatable bonds is 1. The Bertz CT molecular complexity index is 1090. The van der Waals surface area contributed by atoms with Gasteiger partial charge in [-0.25, -0.2) is 4.85 Å². The highest BCUT2D eigenvalue weighted by atomic mass is 14.7. The molecule has 0 saturated carbocycles. The second kappa shape index (κ2) is 5.23. The van der Waals surface area contributed by atoms with Crippen molar-refractivity contribution >= 4 is 27.2 Å². The first-order valence-corrected chi connectivity index (χ1v) is 7.52. The third kappa shape index (κ3) is 2.23. The van der Waals surface area contributed by atoms with Crippen LogP contribution in [0, 0.1) is 13.5 Å². The number of pyridine rings is 1. The summed E-state index contributed by atoms with van der Waals surface area (Å²) in [5, 5.41) is 4.79. The minimum atomic E-state index is 0.637. The third-order valence-electron chi connectivity index (χ3n) is 4.17. The number of hydrogen-bond acceptors (Lipinski definition) is 1. The van der Waals surface area contributed by atoms with Gasteiger partial charge in [0.15, 0.2) is 5.69 Å². The molecule has 0 aliphatic rings. The van der Waals surface area contributed by atoms with E-state index in [2.05, 4.69) is 53.2 Å². The van der Waals surface area contributed by atoms with E-state index >= 15 is 0 Å². The van der Waals surface area contributed by atoms with E-state index in [0.29, 0.717) is 5.69 Å². The maximum atomic E-state index is 7.20. The topological polar surface area (TPSA) is 17.2 Å². The first kappa shape index (κ1) is 13.5. The Balaban J connectivity index is 2.05. The van der Waals surface area contributed by atoms with Crippen molar-refractivity contribution in [3.8, 4) is 11.3 Å². The van der Waals surface area contributed by atoms with Crippen molar-refractivity contribution in [3.63, 3.8) is 0 Å². The van der Waals surface area contributed by atoms with Gasteiger partial charge >= 0.3 is 0 Å². The molecule has 0 bridgehead atoms. The Labute approximate surface area is 134 Å². The van der Waals surface area contributed by atoms with Gasteiger partial charge in [0, 0.05) is 11.6 Å². The van der Waals surface area contributed by atoms with Gasteiger partial charge in [0.25, 0.3) is 0 Å². The quantitative estimate of drug-likeness (QED) is 0.315. The van der Waals surface area contributed by atoms with E-state index in [-0.39, 0.29) is 0 Å². The molecule has 2 heteroatoms. The fraction of sp³-hybridized carbons (Fsp3) is 0.0476. The van der Waals surface area contributed by atoms with E-state index in [1.807, 2.05) is 30.5 Å². The molecule has 0 atom stereocenters. The van der Waals surface area contributed by atoms with Crippen molar-refractivity contribution in [2.24, 2.45) is 0 Å². The van der Waals surface area contributed by atoms with Crippen LogP contribution in [-0.4, -0.2) is 4.98 Å². The van der Waals surface area contributed by atoms with Crippen LogP contribution < -0.4 is 0 Å². The number of nitrogens with zero attached hydrogens (tertiary/aromatic N) is 2. The zero-order valence-electron chi connectivity index (χ0n) is 12.7. The lowest BCUT2D eigenvalue weighted by Gasteiger charge is -2.09. The zero-order valence-corrected chi connectivity index (χ0v) is 12.7. The number of fused-ring (bicyclic) bond motifs is 3. The molecule has 0 spiro atoms. The van der Waals surface area contributed by atoms with Gasteiger partial charge < -0.3 is 0 Å². The molecular formula is C21H14N2. The summed E-state index contributed by atoms with van der Waals surface area (Å²) in [6, 6.07) is 20.5. The predicted molar refractivity (Wildman–Crippen MR) is 95.7 cm³/mol. The largest absolute Gasteiger partial charge is 0.256 e. The van der Waals surface area contributed by atoms with Gasteiger partial charge in [-0.3, -0.25) is 4.98 Å². The van der Waals surface area contributed by atoms with Crippen LogP contribution in [0.4, 0.5) is 5.69 Å². The summed E-state index contributed by atoms with van der Waals surface area (Å²) in [5.41, 5.74) is 3.81. The van der Waals surface area contributed by atoms with Crippen molar-refractivity contribution in [1.82, 2.24) is 4.98 Å². The highest BCUT2D eigenvalue weighted by Crippen LogP contribution is 2.33. The average Bonchev–Trinajstić information content (AvgIpc) is 2.60. The van der Waals surface area contributed by atoms with Crippen LogP contribution in [0.2, 0.25) is 0 Å². The Morgan fingerprint density at radius 1 is 0.870 bits per heavy atom. The van der Waals surface area contributed by atoms with Gasteiger partial charge in [0.1, 0.15) is 0 Å². The Morgan fingerprint density at radius 3 is 2.61 bits per heavy atom. The van der Waals surface area contributed by atoms with Crippen LogP contribution in [-0.2, 0) is 0 Å². The maximum Gasteiger partial charge on any atom is 0.187 e. The van der Waals surface area contributed by atoms with E-state index < -0.39 is 0 Å². The van der Waals surface area contributed by atoms with Crippen molar-refractivity contribution < 1.29 is 0 Å². The second-order valence-electron chi connectivity index (χ2n) is 5.71. The summed E-state index contributed by atoms with van der Waals surface area (Å²) in [4.78, 5) is 8.09. The maximum absolute atomic E-state index is 7.20. The number of hydrogen-bond donors (Lipinski definition) is 0. The summed E-state index contributed by atoms with van der Waals surface area (Å²) >= 11 is 0. The van der Waals surface area contributed by atoms with Crippen LogP contribution in [0.15, 0.2) is 66.9 Å². The van der Waals surface area contributed by atoms with Crippen LogP contribution in [0.5, 0.6) is 0 Å². The lowest BCUT2D eigenvalue weighted by Crippen LogP contribution is -1.87. The lowest BCUT2D eigenvalue weighted by molar-refractivity contribution is 1.36. The molecule has 1 heterocycles. The second-order valence-corrected chi connectivity index (χ2v) is 5.71. The molecular weight excluding hydrogens is 280 g/mol. The van der Waals surface area contributed by atoms with Crippen LogP contribution in [0.3, 0.4) is 0 Å². The summed E-state index contributed by atoms with van der Waals surface area (Å²) in [5.74, 6) is 0. The number of aryl methyl sites for hydroxylation is 1. The fourth-order valence-electron chi connectivity index (χ4n) is 3.07. The summed E-state index contributed by atoms with van der Waals surface area (Å²) in [6.07, 6.45) is 1.85. The Morgan fingerprint density at radius 2 is 1.74 bits per heavy atom. The summed E-state index contributed by atoms with van der Waals surface area (Å²) in [7, 11) is 0. The van der Waals surface area contributed by atoms with E-state index in [0.717, 1.165) is 16.6 Å². The summed E-state index contributed by atoms with van der Waals surface area (Å²) in [6.45, 7) is 9.31. The average molecular weight is 294 g/mol. The molecule has 0 unspecified atom stereocenters. The molecule has 0 aliphatic heterocycles. The number of aromatic nitrogens is 1. The molecule has 1 aromatic heterocycles. The predicted octanol–water partition coefficient (Wildman–Crippen LogP) is 5.91. The van der Waals surface area contributed by atoms with Crippen LogP contribution in [0.25, 0.3) is 37.6 Å². The molecule has 0 saturated heterocycles. The van der Waals surface area contributed by atoms with E-state index in [4.69, 9.17) is 6.57 Å². The Kier molecular flexibility index (Phi) is 3.06. The smallest absolute Gasteiger partial charge is 0.187 e. The van der Waals surface area contributed by atoms with Crippen LogP contribution in [0.1, 0.15) is 5.56 Å². The standard InChI is InChI=1S/C21H14N2/c1-14-6-8-18-15(12-14)7-9-20-19(18)10-11-23-21(20)16-4-3-5-17(13-16)22-2/h3-13H,1H3. The van der Waals surface area contributed by atoms with E-state index in [1.165, 1.54) is 21.7 Å². The minimum absolute atomic E-state index is 0.637. The summed E-state index contributed by atoms with van der Waals surface area (Å²) < 4.78 is 0. The molecule has 0 amide bonds. The fourth-order valence-corrected chi connectivity index (χ4v) is 3.07. The van der Waals surface area contributed by atoms with E-state index in [9.17, 15) is 0 Å². The molecule has 3 aromatic carbocycles. The molecule has 108 valence electrons. The molecule has 0 N–H and O–H groups in total. The molecule has 0 radical (unpaired) electrons. The van der Waals surface area contributed by atoms with Gasteiger partial charge in [-0.15, -0.1) is 0 Å². The highest BCUT2D eigenvalue weighted by molar-refractivity contribution is 6.11. The minimum Gasteiger partial charge on any atom is -0.256 e. The SMILES string of the molecule is [C-]#[N+]c1cccc(-c2nccc3c2ccc2cc(C)ccc23)c1. The van der Waals surface area contributed by atoms with Gasteiger partial charge in [0.05, 0.1) is 12.3 Å². The normalized spacial score (nSPS) is 10.8. The highest BCUT2D eigenvalue weighted by Gasteiger charge is 2.08. The first-order valence-electron chi connectivity index (χ1n) is 7.52. The van der Waals surface area contributed by atoms with Gasteiger partial charge in [-0.1, -0.05) is 54.1 Å². The van der Waals surface area contributed by atoms with Gasteiger partial charge in [-0.05, 0) is 40.8 Å². The van der Waals surface area contributed by atoms with Crippen molar-refractivity contribution in [1.29, 1.82) is 0 Å². The zero-order chi connectivity index (χ0) is 15.8. The molecule has 4 rings (SSSR count). The Hall–Kier alpha value is -3.18. The van der Waals surface area contributed by atoms with E-state index in [1.54, 1.807) is 0 Å². The van der Waals surface area contributed by atoms with Crippen LogP contribution >= 0.6 is 0 Å². The first-order chi connectivity index (χ1) is 11.3. The number of benzene rings is 3. The van der Waals surface area contributed by atoms with Crippen molar-refractivity contribution in [3.05, 3.63) is 83.8 Å². The molecule has 23 heavy (non-hydrogen) atoms. The molecule has 0 fully saturated rings. The third-order valence-corrected chi connectivity index (χ3v) is 4.17. The van der Waals surface area contributed by atoms with Crippen molar-refractivity contribution in [2.45, 2.75) is 6.92 Å². The van der Waals surface area contributed by atoms with Crippen molar-refractivity contribution in [2.75, 3.05) is 0 Å². The monoisotopic (exact) mass is 294 g/mol. The van der Waals surface area contributed by atoms with Gasteiger partial charge in [0.2, 0.25) is 0 Å².